The molecule has 0 aliphatic carbocycles. The topological polar surface area (TPSA) is 52.0 Å². The summed E-state index contributed by atoms with van der Waals surface area (Å²) >= 11 is 12.3. The van der Waals surface area contributed by atoms with Gasteiger partial charge in [0.25, 0.3) is 0 Å². The van der Waals surface area contributed by atoms with Gasteiger partial charge < -0.3 is 10.3 Å². The molecule has 0 atom stereocenters. The van der Waals surface area contributed by atoms with Crippen molar-refractivity contribution in [1.29, 1.82) is 0 Å². The average Bonchev–Trinajstić information content (AvgIpc) is 2.81. The first-order valence-corrected chi connectivity index (χ1v) is 6.79. The van der Waals surface area contributed by atoms with E-state index in [1.165, 1.54) is 18.2 Å². The van der Waals surface area contributed by atoms with Gasteiger partial charge in [0, 0.05) is 11.1 Å². The van der Waals surface area contributed by atoms with Crippen LogP contribution in [0.2, 0.25) is 10.0 Å². The van der Waals surface area contributed by atoms with Crippen molar-refractivity contribution in [3.63, 3.8) is 0 Å². The van der Waals surface area contributed by atoms with Crippen molar-refractivity contribution in [2.75, 3.05) is 5.73 Å². The first-order valence-electron chi connectivity index (χ1n) is 6.03. The van der Waals surface area contributed by atoms with E-state index in [1.54, 1.807) is 18.2 Å². The van der Waals surface area contributed by atoms with Gasteiger partial charge in [-0.15, -0.1) is 0 Å². The van der Waals surface area contributed by atoms with Crippen LogP contribution in [0, 0.1) is 5.82 Å². The van der Waals surface area contributed by atoms with Gasteiger partial charge in [0.1, 0.15) is 11.5 Å². The van der Waals surface area contributed by atoms with Crippen LogP contribution in [-0.2, 0) is 0 Å². The van der Waals surface area contributed by atoms with Crippen molar-refractivity contribution in [1.82, 2.24) is 5.16 Å². The number of anilines is 1. The lowest BCUT2D eigenvalue weighted by Crippen LogP contribution is -1.90. The smallest absolute Gasteiger partial charge is 0.230 e. The molecule has 1 aromatic heterocycles. The summed E-state index contributed by atoms with van der Waals surface area (Å²) in [5.74, 6) is -0.337. The Morgan fingerprint density at radius 3 is 2.48 bits per heavy atom. The molecule has 0 radical (unpaired) electrons. The molecule has 3 rings (SSSR count). The van der Waals surface area contributed by atoms with Gasteiger partial charge in [0.2, 0.25) is 5.88 Å². The molecule has 0 saturated carbocycles. The first-order chi connectivity index (χ1) is 10.1. The SMILES string of the molecule is Nc1onc(-c2ccccc2Cl)c1-c1ccc(F)cc1Cl. The molecule has 0 bridgehead atoms. The summed E-state index contributed by atoms with van der Waals surface area (Å²) in [4.78, 5) is 0. The van der Waals surface area contributed by atoms with Crippen LogP contribution in [-0.4, -0.2) is 5.16 Å². The number of rotatable bonds is 2. The minimum absolute atomic E-state index is 0.0958. The lowest BCUT2D eigenvalue weighted by Gasteiger charge is -2.06. The van der Waals surface area contributed by atoms with Crippen LogP contribution < -0.4 is 5.73 Å². The van der Waals surface area contributed by atoms with Crippen molar-refractivity contribution < 1.29 is 8.91 Å². The molecular weight excluding hydrogens is 314 g/mol. The van der Waals surface area contributed by atoms with E-state index >= 15 is 0 Å². The number of nitrogens with zero attached hydrogens (tertiary/aromatic N) is 1. The second kappa shape index (κ2) is 5.39. The minimum atomic E-state index is -0.432. The second-order valence-corrected chi connectivity index (χ2v) is 5.19. The highest BCUT2D eigenvalue weighted by molar-refractivity contribution is 6.34. The molecule has 21 heavy (non-hydrogen) atoms. The van der Waals surface area contributed by atoms with E-state index in [2.05, 4.69) is 5.16 Å². The van der Waals surface area contributed by atoms with Gasteiger partial charge in [0.05, 0.1) is 15.6 Å². The van der Waals surface area contributed by atoms with Gasteiger partial charge >= 0.3 is 0 Å². The molecule has 2 N–H and O–H groups in total. The number of aromatic nitrogens is 1. The fraction of sp³-hybridized carbons (Fsp3) is 0. The van der Waals surface area contributed by atoms with Crippen molar-refractivity contribution >= 4 is 29.1 Å². The summed E-state index contributed by atoms with van der Waals surface area (Å²) in [5.41, 5.74) is 8.00. The molecule has 2 aromatic carbocycles. The van der Waals surface area contributed by atoms with Gasteiger partial charge in [0.15, 0.2) is 0 Å². The second-order valence-electron chi connectivity index (χ2n) is 4.37. The molecule has 3 nitrogen and oxygen atoms in total. The largest absolute Gasteiger partial charge is 0.367 e. The Morgan fingerprint density at radius 1 is 1.00 bits per heavy atom. The number of hydrogen-bond donors (Lipinski definition) is 1. The molecule has 0 amide bonds. The highest BCUT2D eigenvalue weighted by atomic mass is 35.5. The van der Waals surface area contributed by atoms with Crippen LogP contribution in [0.25, 0.3) is 22.4 Å². The van der Waals surface area contributed by atoms with Crippen molar-refractivity contribution in [2.45, 2.75) is 0 Å². The Labute approximate surface area is 130 Å². The normalized spacial score (nSPS) is 10.8. The summed E-state index contributed by atoms with van der Waals surface area (Å²) in [7, 11) is 0. The zero-order valence-corrected chi connectivity index (χ0v) is 12.1. The van der Waals surface area contributed by atoms with E-state index in [4.69, 9.17) is 33.5 Å². The predicted molar refractivity (Wildman–Crippen MR) is 81.8 cm³/mol. The lowest BCUT2D eigenvalue weighted by molar-refractivity contribution is 0.439. The molecule has 1 heterocycles. The Kier molecular flexibility index (Phi) is 3.57. The summed E-state index contributed by atoms with van der Waals surface area (Å²) in [6.45, 7) is 0. The summed E-state index contributed by atoms with van der Waals surface area (Å²) in [6, 6.07) is 11.2. The van der Waals surface area contributed by atoms with E-state index in [0.29, 0.717) is 27.4 Å². The van der Waals surface area contributed by atoms with E-state index in [1.807, 2.05) is 6.07 Å². The van der Waals surface area contributed by atoms with Crippen molar-refractivity contribution in [2.24, 2.45) is 0 Å². The van der Waals surface area contributed by atoms with Gasteiger partial charge in [-0.2, -0.15) is 0 Å². The fourth-order valence-electron chi connectivity index (χ4n) is 2.09. The number of hydrogen-bond acceptors (Lipinski definition) is 3. The molecule has 0 aliphatic rings. The molecule has 0 fully saturated rings. The number of nitrogen functional groups attached to an aromatic ring is 1. The van der Waals surface area contributed by atoms with Crippen LogP contribution >= 0.6 is 23.2 Å². The molecular formula is C15H9Cl2FN2O. The van der Waals surface area contributed by atoms with Crippen molar-refractivity contribution in [3.05, 3.63) is 58.3 Å². The van der Waals surface area contributed by atoms with Gasteiger partial charge in [-0.05, 0) is 24.3 Å². The third kappa shape index (κ3) is 2.48. The first kappa shape index (κ1) is 13.9. The number of benzene rings is 2. The molecule has 3 aromatic rings. The van der Waals surface area contributed by atoms with Crippen molar-refractivity contribution in [3.8, 4) is 22.4 Å². The van der Waals surface area contributed by atoms with Gasteiger partial charge in [-0.25, -0.2) is 4.39 Å². The van der Waals surface area contributed by atoms with E-state index in [9.17, 15) is 4.39 Å². The quantitative estimate of drug-likeness (QED) is 0.719. The maximum atomic E-state index is 13.2. The maximum absolute atomic E-state index is 13.2. The standard InChI is InChI=1S/C15H9Cl2FN2O/c16-11-4-2-1-3-10(11)14-13(15(19)21-20-14)9-6-5-8(18)7-12(9)17/h1-7H,19H2. The van der Waals surface area contributed by atoms with E-state index in [-0.39, 0.29) is 10.9 Å². The zero-order valence-electron chi connectivity index (χ0n) is 10.6. The van der Waals surface area contributed by atoms with Crippen LogP contribution in [0.3, 0.4) is 0 Å². The lowest BCUT2D eigenvalue weighted by atomic mass is 10.0. The predicted octanol–water partition coefficient (Wildman–Crippen LogP) is 5.04. The minimum Gasteiger partial charge on any atom is -0.367 e. The van der Waals surface area contributed by atoms with Crippen LogP contribution in [0.1, 0.15) is 0 Å². The van der Waals surface area contributed by atoms with Crippen LogP contribution in [0.15, 0.2) is 47.0 Å². The van der Waals surface area contributed by atoms with E-state index < -0.39 is 5.82 Å². The van der Waals surface area contributed by atoms with Gasteiger partial charge in [-0.3, -0.25) is 0 Å². The molecule has 0 aliphatic heterocycles. The molecule has 106 valence electrons. The monoisotopic (exact) mass is 322 g/mol. The Morgan fingerprint density at radius 2 is 1.76 bits per heavy atom. The maximum Gasteiger partial charge on any atom is 0.230 e. The summed E-state index contributed by atoms with van der Waals surface area (Å²) in [5, 5.41) is 4.68. The third-order valence-corrected chi connectivity index (χ3v) is 3.69. The average molecular weight is 323 g/mol. The summed E-state index contributed by atoms with van der Waals surface area (Å²) in [6.07, 6.45) is 0. The Balaban J connectivity index is 2.25. The highest BCUT2D eigenvalue weighted by Gasteiger charge is 2.21. The number of halogens is 3. The van der Waals surface area contributed by atoms with Gasteiger partial charge in [-0.1, -0.05) is 46.6 Å². The number of nitrogens with two attached hydrogens (primary N) is 1. The fourth-order valence-corrected chi connectivity index (χ4v) is 2.58. The Hall–Kier alpha value is -2.04. The Bertz CT molecular complexity index is 817. The summed E-state index contributed by atoms with van der Waals surface area (Å²) < 4.78 is 18.3. The van der Waals surface area contributed by atoms with Crippen LogP contribution in [0.5, 0.6) is 0 Å². The molecule has 6 heteroatoms. The zero-order chi connectivity index (χ0) is 15.0. The van der Waals surface area contributed by atoms with Crippen LogP contribution in [0.4, 0.5) is 10.3 Å². The molecule has 0 unspecified atom stereocenters. The third-order valence-electron chi connectivity index (χ3n) is 3.05. The molecule has 0 saturated heterocycles. The van der Waals surface area contributed by atoms with E-state index in [0.717, 1.165) is 0 Å². The highest BCUT2D eigenvalue weighted by Crippen LogP contribution is 2.41. The molecule has 0 spiro atoms.